The molecule has 11 nitrogen and oxygen atoms in total. The monoisotopic (exact) mass is 476 g/mol. The number of ketones is 1. The lowest BCUT2D eigenvalue weighted by Gasteiger charge is -2.06. The summed E-state index contributed by atoms with van der Waals surface area (Å²) in [5.41, 5.74) is 2.28. The maximum Gasteiger partial charge on any atom is 0.355 e. The SMILES string of the molecule is CCc1[nH]c(C(=O)OCC(=O)COC(=O)c2[nH]c(CC)c(C(=O)OC)c2C)c(C)c1C(=O)OC. The first-order valence-electron chi connectivity index (χ1n) is 10.6. The van der Waals surface area contributed by atoms with Gasteiger partial charge in [0.2, 0.25) is 5.78 Å². The van der Waals surface area contributed by atoms with Crippen LogP contribution in [0.15, 0.2) is 0 Å². The van der Waals surface area contributed by atoms with Crippen LogP contribution in [0.1, 0.15) is 78.1 Å². The van der Waals surface area contributed by atoms with Crippen molar-refractivity contribution in [3.05, 3.63) is 45.0 Å². The molecule has 2 aromatic rings. The summed E-state index contributed by atoms with van der Waals surface area (Å²) >= 11 is 0. The second-order valence-corrected chi connectivity index (χ2v) is 7.34. The summed E-state index contributed by atoms with van der Waals surface area (Å²) < 4.78 is 19.5. The van der Waals surface area contributed by atoms with Crippen LogP contribution in [-0.2, 0) is 36.6 Å². The van der Waals surface area contributed by atoms with E-state index in [0.717, 1.165) is 0 Å². The minimum atomic E-state index is -0.836. The summed E-state index contributed by atoms with van der Waals surface area (Å²) in [5, 5.41) is 0. The highest BCUT2D eigenvalue weighted by Gasteiger charge is 2.26. The van der Waals surface area contributed by atoms with Crippen molar-refractivity contribution in [3.8, 4) is 0 Å². The average molecular weight is 476 g/mol. The van der Waals surface area contributed by atoms with Crippen LogP contribution in [0.3, 0.4) is 0 Å². The lowest BCUT2D eigenvalue weighted by Crippen LogP contribution is -2.21. The Balaban J connectivity index is 2.01. The third-order valence-corrected chi connectivity index (χ3v) is 5.28. The van der Waals surface area contributed by atoms with E-state index in [4.69, 9.17) is 18.9 Å². The Morgan fingerprint density at radius 1 is 0.647 bits per heavy atom. The number of carbonyl (C=O) groups excluding carboxylic acids is 5. The molecule has 0 radical (unpaired) electrons. The number of carbonyl (C=O) groups is 5. The third-order valence-electron chi connectivity index (χ3n) is 5.28. The first-order valence-corrected chi connectivity index (χ1v) is 10.6. The zero-order valence-corrected chi connectivity index (χ0v) is 20.0. The van der Waals surface area contributed by atoms with Crippen LogP contribution in [0.4, 0.5) is 0 Å². The predicted octanol–water partition coefficient (Wildman–Crippen LogP) is 2.24. The summed E-state index contributed by atoms with van der Waals surface area (Å²) in [6.07, 6.45) is 0.895. The fourth-order valence-electron chi connectivity index (χ4n) is 3.49. The van der Waals surface area contributed by atoms with Crippen molar-refractivity contribution in [3.63, 3.8) is 0 Å². The summed E-state index contributed by atoms with van der Waals surface area (Å²) in [6, 6.07) is 0. The number of aromatic amines is 2. The van der Waals surface area contributed by atoms with Crippen LogP contribution < -0.4 is 0 Å². The molecule has 2 aromatic heterocycles. The summed E-state index contributed by atoms with van der Waals surface area (Å²) in [5.74, 6) is -3.51. The highest BCUT2D eigenvalue weighted by atomic mass is 16.6. The first kappa shape index (κ1) is 26.4. The molecule has 2 rings (SSSR count). The lowest BCUT2D eigenvalue weighted by molar-refractivity contribution is -0.125. The Hall–Kier alpha value is -3.89. The van der Waals surface area contributed by atoms with Crippen molar-refractivity contribution in [1.82, 2.24) is 9.97 Å². The number of H-pyrrole nitrogens is 2. The van der Waals surface area contributed by atoms with Crippen LogP contribution in [0.2, 0.25) is 0 Å². The molecule has 0 aliphatic carbocycles. The number of ether oxygens (including phenoxy) is 4. The van der Waals surface area contributed by atoms with Gasteiger partial charge in [-0.25, -0.2) is 19.2 Å². The molecular formula is C23H28N2O9. The quantitative estimate of drug-likeness (QED) is 0.388. The number of rotatable bonds is 10. The minimum absolute atomic E-state index is 0.0338. The largest absolute Gasteiger partial charge is 0.465 e. The fourth-order valence-corrected chi connectivity index (χ4v) is 3.49. The van der Waals surface area contributed by atoms with Gasteiger partial charge in [-0.2, -0.15) is 0 Å². The second kappa shape index (κ2) is 11.3. The zero-order valence-electron chi connectivity index (χ0n) is 20.0. The number of aromatic nitrogens is 2. The highest BCUT2D eigenvalue weighted by molar-refractivity contribution is 6.00. The number of nitrogens with one attached hydrogen (secondary N) is 2. The van der Waals surface area contributed by atoms with Crippen molar-refractivity contribution in [2.24, 2.45) is 0 Å². The Morgan fingerprint density at radius 3 is 1.29 bits per heavy atom. The average Bonchev–Trinajstić information content (AvgIpc) is 3.36. The standard InChI is InChI=1S/C23H28N2O9/c1-7-14-16(20(27)31-5)11(3)18(24-14)22(29)33-9-13(26)10-34-23(30)19-12(4)17(21(28)32-6)15(8-2)25-19/h24-25H,7-10H2,1-6H3. The van der Waals surface area contributed by atoms with Gasteiger partial charge in [0.25, 0.3) is 0 Å². The summed E-state index contributed by atoms with van der Waals surface area (Å²) in [6.45, 7) is 5.44. The minimum Gasteiger partial charge on any atom is -0.465 e. The smallest absolute Gasteiger partial charge is 0.355 e. The van der Waals surface area contributed by atoms with Gasteiger partial charge in [0.1, 0.15) is 11.4 Å². The van der Waals surface area contributed by atoms with E-state index < -0.39 is 42.9 Å². The van der Waals surface area contributed by atoms with Crippen LogP contribution in [0, 0.1) is 13.8 Å². The Kier molecular flexibility index (Phi) is 8.76. The fraction of sp³-hybridized carbons (Fsp3) is 0.435. The van der Waals surface area contributed by atoms with E-state index in [9.17, 15) is 24.0 Å². The number of Topliss-reactive ketones (excluding diaryl/α,β-unsaturated/α-hetero) is 1. The van der Waals surface area contributed by atoms with Crippen LogP contribution in [-0.4, -0.2) is 67.1 Å². The van der Waals surface area contributed by atoms with Crippen molar-refractivity contribution < 1.29 is 42.9 Å². The molecule has 0 saturated carbocycles. The molecule has 11 heteroatoms. The molecule has 2 N–H and O–H groups in total. The van der Waals surface area contributed by atoms with Gasteiger partial charge in [-0.3, -0.25) is 4.79 Å². The van der Waals surface area contributed by atoms with Gasteiger partial charge in [-0.05, 0) is 37.8 Å². The first-order chi connectivity index (χ1) is 16.1. The molecular weight excluding hydrogens is 448 g/mol. The predicted molar refractivity (Wildman–Crippen MR) is 118 cm³/mol. The molecule has 0 amide bonds. The van der Waals surface area contributed by atoms with E-state index in [-0.39, 0.29) is 22.5 Å². The molecule has 0 fully saturated rings. The van der Waals surface area contributed by atoms with Crippen molar-refractivity contribution in [2.45, 2.75) is 40.5 Å². The third kappa shape index (κ3) is 5.36. The Bertz CT molecular complexity index is 1040. The molecule has 0 aromatic carbocycles. The Morgan fingerprint density at radius 2 is 1.00 bits per heavy atom. The van der Waals surface area contributed by atoms with E-state index in [1.54, 1.807) is 27.7 Å². The van der Waals surface area contributed by atoms with Gasteiger partial charge in [-0.15, -0.1) is 0 Å². The van der Waals surface area contributed by atoms with Gasteiger partial charge < -0.3 is 28.9 Å². The number of methoxy groups -OCH3 is 2. The van der Waals surface area contributed by atoms with E-state index in [2.05, 4.69) is 9.97 Å². The van der Waals surface area contributed by atoms with E-state index in [0.29, 0.717) is 35.4 Å². The molecule has 0 atom stereocenters. The molecule has 0 spiro atoms. The molecule has 0 saturated heterocycles. The summed E-state index contributed by atoms with van der Waals surface area (Å²) in [4.78, 5) is 66.6. The number of aryl methyl sites for hydroxylation is 2. The molecule has 0 unspecified atom stereocenters. The Labute approximate surface area is 196 Å². The highest BCUT2D eigenvalue weighted by Crippen LogP contribution is 2.22. The summed E-state index contributed by atoms with van der Waals surface area (Å²) in [7, 11) is 2.47. The van der Waals surface area contributed by atoms with E-state index in [1.165, 1.54) is 14.2 Å². The van der Waals surface area contributed by atoms with Crippen molar-refractivity contribution in [1.29, 1.82) is 0 Å². The van der Waals surface area contributed by atoms with Gasteiger partial charge in [-0.1, -0.05) is 13.8 Å². The number of hydrogen-bond acceptors (Lipinski definition) is 9. The molecule has 184 valence electrons. The van der Waals surface area contributed by atoms with Gasteiger partial charge in [0, 0.05) is 11.4 Å². The lowest BCUT2D eigenvalue weighted by atomic mass is 10.1. The van der Waals surface area contributed by atoms with Crippen LogP contribution in [0.25, 0.3) is 0 Å². The van der Waals surface area contributed by atoms with Gasteiger partial charge in [0.05, 0.1) is 25.3 Å². The molecule has 34 heavy (non-hydrogen) atoms. The van der Waals surface area contributed by atoms with Crippen LogP contribution in [0.5, 0.6) is 0 Å². The second-order valence-electron chi connectivity index (χ2n) is 7.34. The topological polar surface area (TPSA) is 154 Å². The number of hydrogen-bond donors (Lipinski definition) is 2. The zero-order chi connectivity index (χ0) is 25.6. The van der Waals surface area contributed by atoms with E-state index >= 15 is 0 Å². The van der Waals surface area contributed by atoms with Crippen LogP contribution >= 0.6 is 0 Å². The normalized spacial score (nSPS) is 10.5. The molecule has 0 aliphatic rings. The molecule has 0 aliphatic heterocycles. The maximum absolute atomic E-state index is 12.4. The molecule has 0 bridgehead atoms. The van der Waals surface area contributed by atoms with E-state index in [1.807, 2.05) is 0 Å². The number of esters is 4. The maximum atomic E-state index is 12.4. The van der Waals surface area contributed by atoms with Crippen molar-refractivity contribution in [2.75, 3.05) is 27.4 Å². The van der Waals surface area contributed by atoms with Gasteiger partial charge >= 0.3 is 23.9 Å². The van der Waals surface area contributed by atoms with Crippen molar-refractivity contribution >= 4 is 29.7 Å². The molecule has 2 heterocycles. The van der Waals surface area contributed by atoms with Gasteiger partial charge in [0.15, 0.2) is 13.2 Å².